The van der Waals surface area contributed by atoms with Gasteiger partial charge in [-0.3, -0.25) is 4.79 Å². The van der Waals surface area contributed by atoms with Gasteiger partial charge in [0.2, 0.25) is 5.91 Å². The van der Waals surface area contributed by atoms with E-state index >= 15 is 0 Å². The zero-order valence-electron chi connectivity index (χ0n) is 41.4. The molecule has 0 saturated carbocycles. The van der Waals surface area contributed by atoms with Gasteiger partial charge in [0, 0.05) is 6.42 Å². The van der Waals surface area contributed by atoms with Crippen molar-refractivity contribution in [1.82, 2.24) is 5.32 Å². The lowest BCUT2D eigenvalue weighted by molar-refractivity contribution is -0.379. The third kappa shape index (κ3) is 21.8. The van der Waals surface area contributed by atoms with E-state index in [1.807, 2.05) is 18.2 Å². The molecule has 1 amide bonds. The SMILES string of the molecule is CC/C=C\C/C=C\C/C=C\C/C=C\CCC(=O)NC(COC1OC(CO)C(OC2OC(CO)C(OC3OC(CO)C(O)C(O)C3O)C(O)C2O)C(O)C1O)C(O)/C=C/CC/C=C/CC/C=C/CCCCC. The van der Waals surface area contributed by atoms with Crippen molar-refractivity contribution in [2.24, 2.45) is 0 Å². The van der Waals surface area contributed by atoms with Gasteiger partial charge in [0.05, 0.1) is 38.6 Å². The first-order valence-electron chi connectivity index (χ1n) is 25.3. The molecule has 0 spiro atoms. The molecule has 71 heavy (non-hydrogen) atoms. The molecule has 19 nitrogen and oxygen atoms in total. The van der Waals surface area contributed by atoms with Crippen molar-refractivity contribution < 1.29 is 89.4 Å². The number of hydrogen-bond acceptors (Lipinski definition) is 18. The molecule has 406 valence electrons. The maximum atomic E-state index is 13.2. The predicted molar refractivity (Wildman–Crippen MR) is 263 cm³/mol. The number of carbonyl (C=O) groups excluding carboxylic acids is 1. The number of aliphatic hydroxyl groups is 11. The van der Waals surface area contributed by atoms with Crippen LogP contribution in [0, 0.1) is 0 Å². The summed E-state index contributed by atoms with van der Waals surface area (Å²) in [5, 5.41) is 119. The van der Waals surface area contributed by atoms with Crippen molar-refractivity contribution in [3.05, 3.63) is 85.1 Å². The molecular formula is C52H85NO18. The van der Waals surface area contributed by atoms with Crippen molar-refractivity contribution in [2.75, 3.05) is 26.4 Å². The van der Waals surface area contributed by atoms with Gasteiger partial charge >= 0.3 is 0 Å². The molecule has 3 fully saturated rings. The van der Waals surface area contributed by atoms with Gasteiger partial charge in [-0.1, -0.05) is 112 Å². The summed E-state index contributed by atoms with van der Waals surface area (Å²) >= 11 is 0. The predicted octanol–water partition coefficient (Wildman–Crippen LogP) is 1.69. The minimum absolute atomic E-state index is 0.105. The lowest BCUT2D eigenvalue weighted by Gasteiger charge is -2.48. The zero-order chi connectivity index (χ0) is 52.0. The van der Waals surface area contributed by atoms with Gasteiger partial charge in [-0.2, -0.15) is 0 Å². The fraction of sp³-hybridized carbons (Fsp3) is 0.712. The monoisotopic (exact) mass is 1010 g/mol. The minimum atomic E-state index is -1.99. The summed E-state index contributed by atoms with van der Waals surface area (Å²) in [5.74, 6) is -0.377. The van der Waals surface area contributed by atoms with Crippen LogP contribution in [-0.4, -0.2) is 193 Å². The van der Waals surface area contributed by atoms with E-state index in [4.69, 9.17) is 28.4 Å². The highest BCUT2D eigenvalue weighted by Crippen LogP contribution is 2.33. The topological polar surface area (TPSA) is 307 Å². The molecular weight excluding hydrogens is 927 g/mol. The van der Waals surface area contributed by atoms with E-state index < -0.39 is 131 Å². The van der Waals surface area contributed by atoms with Gasteiger partial charge < -0.3 is 89.9 Å². The maximum absolute atomic E-state index is 13.2. The van der Waals surface area contributed by atoms with E-state index in [-0.39, 0.29) is 12.3 Å². The quantitative estimate of drug-likeness (QED) is 0.0329. The Balaban J connectivity index is 1.61. The lowest BCUT2D eigenvalue weighted by atomic mass is 9.96. The van der Waals surface area contributed by atoms with Crippen LogP contribution in [0.3, 0.4) is 0 Å². The highest BCUT2D eigenvalue weighted by Gasteiger charge is 2.53. The van der Waals surface area contributed by atoms with Crippen LogP contribution in [0.1, 0.15) is 104 Å². The Labute approximate surface area is 419 Å². The zero-order valence-corrected chi connectivity index (χ0v) is 41.4. The van der Waals surface area contributed by atoms with Gasteiger partial charge in [-0.15, -0.1) is 0 Å². The molecule has 3 rings (SSSR count). The Hall–Kier alpha value is -3.03. The normalized spacial score (nSPS) is 33.0. The Morgan fingerprint density at radius 1 is 0.521 bits per heavy atom. The van der Waals surface area contributed by atoms with Crippen LogP contribution in [0.5, 0.6) is 0 Å². The van der Waals surface area contributed by atoms with E-state index in [0.717, 1.165) is 44.9 Å². The number of hydrogen-bond donors (Lipinski definition) is 12. The fourth-order valence-electron chi connectivity index (χ4n) is 7.93. The van der Waals surface area contributed by atoms with E-state index in [1.165, 1.54) is 19.3 Å². The van der Waals surface area contributed by atoms with Crippen molar-refractivity contribution in [2.45, 2.75) is 208 Å². The van der Waals surface area contributed by atoms with Crippen LogP contribution in [0.25, 0.3) is 0 Å². The largest absolute Gasteiger partial charge is 0.394 e. The second-order valence-corrected chi connectivity index (χ2v) is 17.9. The van der Waals surface area contributed by atoms with Crippen LogP contribution in [-0.2, 0) is 33.2 Å². The molecule has 12 N–H and O–H groups in total. The number of allylic oxidation sites excluding steroid dienone is 13. The Bertz CT molecular complexity index is 1630. The summed E-state index contributed by atoms with van der Waals surface area (Å²) in [6.07, 6.45) is 13.3. The molecule has 3 aliphatic rings. The van der Waals surface area contributed by atoms with Gasteiger partial charge in [0.25, 0.3) is 0 Å². The maximum Gasteiger partial charge on any atom is 0.220 e. The number of nitrogens with one attached hydrogen (secondary N) is 1. The smallest absolute Gasteiger partial charge is 0.220 e. The van der Waals surface area contributed by atoms with Crippen LogP contribution in [0.2, 0.25) is 0 Å². The van der Waals surface area contributed by atoms with Gasteiger partial charge in [-0.25, -0.2) is 0 Å². The third-order valence-electron chi connectivity index (χ3n) is 12.2. The number of unbranched alkanes of at least 4 members (excludes halogenated alkanes) is 5. The summed E-state index contributed by atoms with van der Waals surface area (Å²) in [4.78, 5) is 13.2. The molecule has 0 aromatic heterocycles. The first kappa shape index (κ1) is 62.3. The second-order valence-electron chi connectivity index (χ2n) is 17.9. The van der Waals surface area contributed by atoms with Crippen LogP contribution < -0.4 is 5.32 Å². The van der Waals surface area contributed by atoms with Crippen molar-refractivity contribution in [1.29, 1.82) is 0 Å². The minimum Gasteiger partial charge on any atom is -0.394 e. The average molecular weight is 1010 g/mol. The number of amides is 1. The highest BCUT2D eigenvalue weighted by atomic mass is 16.8. The van der Waals surface area contributed by atoms with Crippen LogP contribution in [0.15, 0.2) is 85.1 Å². The summed E-state index contributed by atoms with van der Waals surface area (Å²) in [6.45, 7) is 1.42. The lowest BCUT2D eigenvalue weighted by Crippen LogP contribution is -2.66. The van der Waals surface area contributed by atoms with Crippen molar-refractivity contribution in [3.8, 4) is 0 Å². The van der Waals surface area contributed by atoms with Crippen LogP contribution >= 0.6 is 0 Å². The average Bonchev–Trinajstić information content (AvgIpc) is 3.36. The third-order valence-corrected chi connectivity index (χ3v) is 12.2. The number of carbonyl (C=O) groups is 1. The molecule has 17 atom stereocenters. The van der Waals surface area contributed by atoms with Gasteiger partial charge in [0.1, 0.15) is 73.2 Å². The van der Waals surface area contributed by atoms with E-state index in [1.54, 1.807) is 12.2 Å². The van der Waals surface area contributed by atoms with Crippen LogP contribution in [0.4, 0.5) is 0 Å². The van der Waals surface area contributed by atoms with E-state index in [0.29, 0.717) is 19.3 Å². The first-order chi connectivity index (χ1) is 34.3. The molecule has 3 aliphatic heterocycles. The summed E-state index contributed by atoms with van der Waals surface area (Å²) in [6, 6.07) is -1.04. The Morgan fingerprint density at radius 2 is 0.972 bits per heavy atom. The van der Waals surface area contributed by atoms with E-state index in [9.17, 15) is 61.0 Å². The molecule has 0 radical (unpaired) electrons. The van der Waals surface area contributed by atoms with Gasteiger partial charge in [-0.05, 0) is 70.6 Å². The number of aliphatic hydroxyl groups excluding tert-OH is 11. The Morgan fingerprint density at radius 3 is 1.51 bits per heavy atom. The molecule has 0 aromatic carbocycles. The molecule has 3 heterocycles. The number of rotatable bonds is 33. The molecule has 0 bridgehead atoms. The summed E-state index contributed by atoms with van der Waals surface area (Å²) in [5.41, 5.74) is 0. The fourth-order valence-corrected chi connectivity index (χ4v) is 7.93. The number of ether oxygens (including phenoxy) is 6. The first-order valence-corrected chi connectivity index (χ1v) is 25.3. The van der Waals surface area contributed by atoms with Gasteiger partial charge in [0.15, 0.2) is 18.9 Å². The van der Waals surface area contributed by atoms with E-state index in [2.05, 4.69) is 73.8 Å². The molecule has 0 aliphatic carbocycles. The standard InChI is InChI=1S/C52H85NO18/c1-3-5-7-9-11-13-15-17-19-21-23-25-27-29-36(57)35(53-40(58)30-28-26-24-22-20-18-16-14-12-10-8-6-4-2)34-66-50-46(64)43(61)48(38(32-55)68-50)71-52-47(65)44(62)49(39(33-56)69-52)70-51-45(63)42(60)41(59)37(31-54)67-51/h6,8,11-14,18-21,24,26-27,29,35-39,41-52,54-57,59-65H,3-5,7,9-10,15-17,22-23,25,28,30-34H2,1-2H3,(H,53,58)/b8-6-,13-11+,14-12-,20-18-,21-19+,26-24-,29-27+. The molecule has 3 saturated heterocycles. The summed E-state index contributed by atoms with van der Waals surface area (Å²) < 4.78 is 34.0. The van der Waals surface area contributed by atoms with Crippen molar-refractivity contribution in [3.63, 3.8) is 0 Å². The molecule has 0 aromatic rings. The molecule has 19 heteroatoms. The van der Waals surface area contributed by atoms with Crippen molar-refractivity contribution >= 4 is 5.91 Å². The summed E-state index contributed by atoms with van der Waals surface area (Å²) in [7, 11) is 0. The molecule has 17 unspecified atom stereocenters. The highest BCUT2D eigenvalue weighted by molar-refractivity contribution is 5.76. The second kappa shape index (κ2) is 36.0. The Kier molecular flexibility index (Phi) is 31.6.